The first-order chi connectivity index (χ1) is 14.0. The Morgan fingerprint density at radius 1 is 1.07 bits per heavy atom. The van der Waals surface area contributed by atoms with Gasteiger partial charge < -0.3 is 5.11 Å². The number of aromatic hydroxyl groups is 1. The third kappa shape index (κ3) is 3.32. The predicted molar refractivity (Wildman–Crippen MR) is 116 cm³/mol. The average molecular weight is 407 g/mol. The Morgan fingerprint density at radius 3 is 2.48 bits per heavy atom. The van der Waals surface area contributed by atoms with Gasteiger partial charge in [0.05, 0.1) is 22.5 Å². The lowest BCUT2D eigenvalue weighted by molar-refractivity contribution is 0.436. The third-order valence-electron chi connectivity index (χ3n) is 4.66. The van der Waals surface area contributed by atoms with E-state index in [2.05, 4.69) is 10.1 Å². The van der Waals surface area contributed by atoms with E-state index in [-0.39, 0.29) is 17.5 Å². The Kier molecular flexibility index (Phi) is 4.94. The van der Waals surface area contributed by atoms with Gasteiger partial charge in [0, 0.05) is 29.1 Å². The first-order valence-electron chi connectivity index (χ1n) is 9.18. The van der Waals surface area contributed by atoms with Gasteiger partial charge in [-0.3, -0.25) is 4.79 Å². The zero-order valence-corrected chi connectivity index (χ0v) is 16.7. The summed E-state index contributed by atoms with van der Waals surface area (Å²) < 4.78 is 2.99. The lowest BCUT2D eigenvalue weighted by atomic mass is 10.1. The number of para-hydroxylation sites is 1. The lowest BCUT2D eigenvalue weighted by Crippen LogP contribution is -2.20. The summed E-state index contributed by atoms with van der Waals surface area (Å²) in [5.41, 5.74) is 0.483. The molecule has 0 unspecified atom stereocenters. The van der Waals surface area contributed by atoms with Crippen molar-refractivity contribution in [3.63, 3.8) is 0 Å². The second-order valence-corrected chi connectivity index (χ2v) is 7.27. The summed E-state index contributed by atoms with van der Waals surface area (Å²) in [6.07, 6.45) is 3.23. The Balaban J connectivity index is 1.99. The van der Waals surface area contributed by atoms with Crippen molar-refractivity contribution in [2.75, 3.05) is 0 Å². The van der Waals surface area contributed by atoms with Gasteiger partial charge in [-0.15, -0.1) is 0 Å². The first-order valence-corrected chi connectivity index (χ1v) is 9.56. The van der Waals surface area contributed by atoms with Crippen LogP contribution in [0.5, 0.6) is 5.88 Å². The van der Waals surface area contributed by atoms with Gasteiger partial charge in [-0.2, -0.15) is 5.10 Å². The molecule has 2 heterocycles. The van der Waals surface area contributed by atoms with Crippen molar-refractivity contribution in [3.05, 3.63) is 81.7 Å². The summed E-state index contributed by atoms with van der Waals surface area (Å²) in [5.74, 6) is 0.431. The lowest BCUT2D eigenvalue weighted by Gasteiger charge is -2.14. The van der Waals surface area contributed by atoms with Crippen LogP contribution in [0.4, 0.5) is 5.82 Å². The summed E-state index contributed by atoms with van der Waals surface area (Å²) in [6, 6.07) is 15.9. The summed E-state index contributed by atoms with van der Waals surface area (Å²) in [4.78, 5) is 17.6. The Labute approximate surface area is 172 Å². The molecule has 1 N–H and O–H groups in total. The quantitative estimate of drug-likeness (QED) is 0.491. The van der Waals surface area contributed by atoms with Crippen LogP contribution >= 0.6 is 11.6 Å². The van der Waals surface area contributed by atoms with E-state index in [9.17, 15) is 9.90 Å². The van der Waals surface area contributed by atoms with Gasteiger partial charge in [0.25, 0.3) is 5.56 Å². The molecule has 146 valence electrons. The van der Waals surface area contributed by atoms with Crippen LogP contribution in [0.1, 0.15) is 25.5 Å². The summed E-state index contributed by atoms with van der Waals surface area (Å²) in [7, 11) is 0. The van der Waals surface area contributed by atoms with Gasteiger partial charge in [0.2, 0.25) is 5.88 Å². The van der Waals surface area contributed by atoms with E-state index in [0.717, 1.165) is 0 Å². The Bertz CT molecular complexity index is 1290. The fourth-order valence-corrected chi connectivity index (χ4v) is 3.50. The molecule has 2 aromatic carbocycles. The van der Waals surface area contributed by atoms with Gasteiger partial charge in [-0.05, 0) is 32.0 Å². The molecular formula is C22H19ClN4O2. The number of pyridine rings is 1. The molecule has 0 aliphatic rings. The number of hydrogen-bond acceptors (Lipinski definition) is 4. The van der Waals surface area contributed by atoms with Crippen LogP contribution in [0.25, 0.3) is 16.5 Å². The van der Waals surface area contributed by atoms with Crippen LogP contribution in [0, 0.1) is 0 Å². The van der Waals surface area contributed by atoms with Crippen molar-refractivity contribution in [2.24, 2.45) is 4.99 Å². The summed E-state index contributed by atoms with van der Waals surface area (Å²) in [6.45, 7) is 4.02. The predicted octanol–water partition coefficient (Wildman–Crippen LogP) is 4.88. The fraction of sp³-hybridized carbons (Fsp3) is 0.136. The molecule has 0 saturated heterocycles. The molecule has 0 fully saturated rings. The topological polar surface area (TPSA) is 72.4 Å². The molecule has 0 spiro atoms. The number of nitrogens with zero attached hydrogens (tertiary/aromatic N) is 4. The molecule has 4 rings (SSSR count). The van der Waals surface area contributed by atoms with Crippen LogP contribution < -0.4 is 5.56 Å². The van der Waals surface area contributed by atoms with Crippen molar-refractivity contribution in [2.45, 2.75) is 19.9 Å². The van der Waals surface area contributed by atoms with Crippen molar-refractivity contribution in [1.29, 1.82) is 0 Å². The van der Waals surface area contributed by atoms with E-state index in [1.54, 1.807) is 65.6 Å². The van der Waals surface area contributed by atoms with Crippen molar-refractivity contribution in [3.8, 4) is 11.6 Å². The molecule has 0 aliphatic carbocycles. The minimum absolute atomic E-state index is 0.138. The average Bonchev–Trinajstić information content (AvgIpc) is 3.18. The molecule has 6 nitrogen and oxygen atoms in total. The first kappa shape index (κ1) is 19.0. The largest absolute Gasteiger partial charge is 0.494 e. The van der Waals surface area contributed by atoms with E-state index in [4.69, 9.17) is 11.6 Å². The Morgan fingerprint density at radius 2 is 1.76 bits per heavy atom. The molecule has 2 aromatic heterocycles. The minimum atomic E-state index is -0.351. The minimum Gasteiger partial charge on any atom is -0.494 e. The second kappa shape index (κ2) is 7.56. The van der Waals surface area contributed by atoms with Gasteiger partial charge in [0.15, 0.2) is 5.82 Å². The van der Waals surface area contributed by atoms with E-state index in [1.165, 1.54) is 4.57 Å². The maximum absolute atomic E-state index is 13.1. The zero-order chi connectivity index (χ0) is 20.5. The molecule has 4 aromatic rings. The van der Waals surface area contributed by atoms with Crippen LogP contribution in [-0.4, -0.2) is 25.7 Å². The molecule has 0 bridgehead atoms. The number of aromatic nitrogens is 3. The van der Waals surface area contributed by atoms with Crippen LogP contribution in [-0.2, 0) is 0 Å². The number of hydrogen-bond donors (Lipinski definition) is 1. The zero-order valence-electron chi connectivity index (χ0n) is 16.0. The standard InChI is InChI=1S/C22H19ClN4O2/c1-14(2)27-20(11-12-25-27)24-13-17-15-7-3-4-8-16(15)21(28)26(22(17)29)19-10-6-5-9-18(19)23/h3-14,29H,1-2H3/b24-13+. The third-order valence-corrected chi connectivity index (χ3v) is 4.98. The highest BCUT2D eigenvalue weighted by atomic mass is 35.5. The van der Waals surface area contributed by atoms with Crippen molar-refractivity contribution in [1.82, 2.24) is 14.3 Å². The normalized spacial score (nSPS) is 11.7. The SMILES string of the molecule is CC(C)n1nccc1/N=C/c1c(O)n(-c2ccccc2Cl)c(=O)c2ccccc12. The molecule has 29 heavy (non-hydrogen) atoms. The number of halogens is 1. The maximum Gasteiger partial charge on any atom is 0.265 e. The maximum atomic E-state index is 13.1. The van der Waals surface area contributed by atoms with E-state index < -0.39 is 0 Å². The van der Waals surface area contributed by atoms with E-state index >= 15 is 0 Å². The van der Waals surface area contributed by atoms with Crippen LogP contribution in [0.2, 0.25) is 5.02 Å². The number of benzene rings is 2. The second-order valence-electron chi connectivity index (χ2n) is 6.86. The monoisotopic (exact) mass is 406 g/mol. The number of fused-ring (bicyclic) bond motifs is 1. The highest BCUT2D eigenvalue weighted by Crippen LogP contribution is 2.29. The molecule has 0 aliphatic heterocycles. The van der Waals surface area contributed by atoms with E-state index in [0.29, 0.717) is 32.9 Å². The molecule has 0 saturated carbocycles. The van der Waals surface area contributed by atoms with Gasteiger partial charge in [-0.1, -0.05) is 41.9 Å². The fourth-order valence-electron chi connectivity index (χ4n) is 3.28. The van der Waals surface area contributed by atoms with Gasteiger partial charge in [-0.25, -0.2) is 14.2 Å². The van der Waals surface area contributed by atoms with Gasteiger partial charge in [0.1, 0.15) is 0 Å². The van der Waals surface area contributed by atoms with E-state index in [1.807, 2.05) is 19.9 Å². The molecular weight excluding hydrogens is 388 g/mol. The summed E-state index contributed by atoms with van der Waals surface area (Å²) in [5, 5.41) is 16.7. The highest BCUT2D eigenvalue weighted by Gasteiger charge is 2.18. The smallest absolute Gasteiger partial charge is 0.265 e. The highest BCUT2D eigenvalue weighted by molar-refractivity contribution is 6.32. The van der Waals surface area contributed by atoms with Gasteiger partial charge >= 0.3 is 0 Å². The molecule has 0 atom stereocenters. The Hall–Kier alpha value is -3.38. The molecule has 7 heteroatoms. The van der Waals surface area contributed by atoms with Crippen molar-refractivity contribution >= 4 is 34.4 Å². The number of aliphatic imine (C=N–C) groups is 1. The number of rotatable bonds is 4. The van der Waals surface area contributed by atoms with Crippen LogP contribution in [0.3, 0.4) is 0 Å². The molecule has 0 amide bonds. The van der Waals surface area contributed by atoms with Crippen LogP contribution in [0.15, 0.2) is 70.6 Å². The van der Waals surface area contributed by atoms with Crippen molar-refractivity contribution < 1.29 is 5.11 Å². The summed E-state index contributed by atoms with van der Waals surface area (Å²) >= 11 is 6.30. The molecule has 0 radical (unpaired) electrons.